The minimum atomic E-state index is -4.75. The number of ether oxygens (including phenoxy) is 1. The van der Waals surface area contributed by atoms with Crippen molar-refractivity contribution in [2.45, 2.75) is 35.4 Å². The number of benzene rings is 2. The highest BCUT2D eigenvalue weighted by Crippen LogP contribution is 2.59. The van der Waals surface area contributed by atoms with Gasteiger partial charge in [0.1, 0.15) is 10.6 Å². The van der Waals surface area contributed by atoms with Crippen LogP contribution < -0.4 is 19.9 Å². The second-order valence-corrected chi connectivity index (χ2v) is 10.8. The van der Waals surface area contributed by atoms with E-state index in [2.05, 4.69) is 5.32 Å². The van der Waals surface area contributed by atoms with Gasteiger partial charge in [-0.15, -0.1) is 11.8 Å². The molecular weight excluding hydrogens is 524 g/mol. The van der Waals surface area contributed by atoms with Crippen LogP contribution in [0.25, 0.3) is 0 Å². The molecular formula is C20H19F6N3O4S2. The van der Waals surface area contributed by atoms with Gasteiger partial charge in [-0.25, -0.2) is 13.9 Å². The van der Waals surface area contributed by atoms with E-state index in [1.807, 2.05) is 0 Å². The largest absolute Gasteiger partial charge is 0.493 e. The fourth-order valence-corrected chi connectivity index (χ4v) is 5.73. The molecule has 7 nitrogen and oxygen atoms in total. The van der Waals surface area contributed by atoms with Crippen molar-refractivity contribution in [3.8, 4) is 5.75 Å². The Morgan fingerprint density at radius 1 is 1.17 bits per heavy atom. The van der Waals surface area contributed by atoms with Gasteiger partial charge in [-0.2, -0.15) is 26.0 Å². The zero-order valence-electron chi connectivity index (χ0n) is 18.0. The third-order valence-corrected chi connectivity index (χ3v) is 7.61. The van der Waals surface area contributed by atoms with Crippen LogP contribution in [0.3, 0.4) is 0 Å². The average molecular weight is 544 g/mol. The first-order valence-corrected chi connectivity index (χ1v) is 12.2. The van der Waals surface area contributed by atoms with Crippen LogP contribution in [-0.2, 0) is 15.0 Å². The number of nitrogens with two attached hydrogens (primary N) is 1. The summed E-state index contributed by atoms with van der Waals surface area (Å²) in [5.74, 6) is -6.63. The van der Waals surface area contributed by atoms with Crippen molar-refractivity contribution in [2.24, 2.45) is 5.14 Å². The Hall–Kier alpha value is -2.65. The highest BCUT2D eigenvalue weighted by molar-refractivity contribution is 8.02. The summed E-state index contributed by atoms with van der Waals surface area (Å²) in [6, 6.07) is 4.57. The number of rotatable bonds is 6. The van der Waals surface area contributed by atoms with Crippen LogP contribution in [-0.4, -0.2) is 37.6 Å². The molecule has 1 heterocycles. The number of halogens is 6. The second kappa shape index (κ2) is 9.43. The van der Waals surface area contributed by atoms with Crippen LogP contribution in [0.2, 0.25) is 0 Å². The Morgan fingerprint density at radius 3 is 2.37 bits per heavy atom. The van der Waals surface area contributed by atoms with Gasteiger partial charge in [0.2, 0.25) is 11.7 Å². The maximum atomic E-state index is 14.3. The first-order chi connectivity index (χ1) is 16.1. The zero-order valence-corrected chi connectivity index (χ0v) is 19.7. The van der Waals surface area contributed by atoms with E-state index >= 15 is 0 Å². The van der Waals surface area contributed by atoms with Gasteiger partial charge >= 0.3 is 6.18 Å². The molecule has 1 amide bonds. The van der Waals surface area contributed by atoms with E-state index in [1.54, 1.807) is 4.72 Å². The summed E-state index contributed by atoms with van der Waals surface area (Å²) in [7, 11) is -3.27. The predicted molar refractivity (Wildman–Crippen MR) is 118 cm³/mol. The summed E-state index contributed by atoms with van der Waals surface area (Å²) < 4.78 is 110. The van der Waals surface area contributed by atoms with Crippen LogP contribution in [0, 0.1) is 17.5 Å². The minimum absolute atomic E-state index is 0.133. The Bertz CT molecular complexity index is 1260. The van der Waals surface area contributed by atoms with E-state index in [9.17, 15) is 39.6 Å². The molecule has 15 heteroatoms. The average Bonchev–Trinajstić information content (AvgIpc) is 3.10. The number of hydrogen-bond donors (Lipinski definition) is 3. The van der Waals surface area contributed by atoms with E-state index in [4.69, 9.17) is 9.88 Å². The molecule has 0 aliphatic carbocycles. The van der Waals surface area contributed by atoms with Crippen LogP contribution in [0.15, 0.2) is 30.3 Å². The molecule has 3 rings (SSSR count). The van der Waals surface area contributed by atoms with Gasteiger partial charge in [-0.3, -0.25) is 9.52 Å². The smallest absolute Gasteiger partial charge is 0.403 e. The van der Waals surface area contributed by atoms with Crippen LogP contribution in [0.5, 0.6) is 5.75 Å². The highest BCUT2D eigenvalue weighted by Gasteiger charge is 2.60. The molecule has 1 saturated heterocycles. The summed E-state index contributed by atoms with van der Waals surface area (Å²) in [6.07, 6.45) is -5.39. The van der Waals surface area contributed by atoms with Crippen molar-refractivity contribution in [1.29, 1.82) is 0 Å². The number of methoxy groups -OCH3 is 1. The second-order valence-electron chi connectivity index (χ2n) is 7.89. The molecule has 4 N–H and O–H groups in total. The van der Waals surface area contributed by atoms with Gasteiger partial charge in [0.25, 0.3) is 10.2 Å². The molecule has 0 aromatic heterocycles. The zero-order chi connectivity index (χ0) is 26.3. The normalized spacial score (nSPS) is 22.7. The number of carbonyl (C=O) groups excluding carboxylic acids is 1. The third kappa shape index (κ3) is 5.62. The van der Waals surface area contributed by atoms with E-state index in [1.165, 1.54) is 0 Å². The molecule has 192 valence electrons. The van der Waals surface area contributed by atoms with E-state index in [0.717, 1.165) is 44.4 Å². The Kier molecular flexibility index (Phi) is 7.26. The number of nitrogens with one attached hydrogen (secondary N) is 2. The lowest BCUT2D eigenvalue weighted by atomic mass is 9.85. The maximum Gasteiger partial charge on any atom is 0.403 e. The van der Waals surface area contributed by atoms with E-state index in [-0.39, 0.29) is 23.0 Å². The molecule has 1 fully saturated rings. The molecule has 0 spiro atoms. The number of anilines is 2. The summed E-state index contributed by atoms with van der Waals surface area (Å²) in [5, 5.41) is 5.61. The van der Waals surface area contributed by atoms with Crippen molar-refractivity contribution in [1.82, 2.24) is 0 Å². The topological polar surface area (TPSA) is 111 Å². The van der Waals surface area contributed by atoms with E-state index in [0.29, 0.717) is 0 Å². The summed E-state index contributed by atoms with van der Waals surface area (Å²) in [4.78, 5) is 13.0. The molecule has 3 atom stereocenters. The van der Waals surface area contributed by atoms with Crippen molar-refractivity contribution in [3.63, 3.8) is 0 Å². The van der Waals surface area contributed by atoms with Crippen LogP contribution >= 0.6 is 11.8 Å². The van der Waals surface area contributed by atoms with Crippen molar-refractivity contribution in [2.75, 3.05) is 17.1 Å². The number of thioether (sulfide) groups is 1. The van der Waals surface area contributed by atoms with Crippen LogP contribution in [0.1, 0.15) is 24.8 Å². The molecule has 0 unspecified atom stereocenters. The van der Waals surface area contributed by atoms with Gasteiger partial charge < -0.3 is 10.1 Å². The molecule has 2 aromatic carbocycles. The van der Waals surface area contributed by atoms with Gasteiger partial charge in [-0.05, 0) is 37.6 Å². The first kappa shape index (κ1) is 26.9. The monoisotopic (exact) mass is 543 g/mol. The minimum Gasteiger partial charge on any atom is -0.493 e. The highest BCUT2D eigenvalue weighted by atomic mass is 32.2. The lowest BCUT2D eigenvalue weighted by Crippen LogP contribution is -2.37. The summed E-state index contributed by atoms with van der Waals surface area (Å²) in [6.45, 7) is 0.887. The first-order valence-electron chi connectivity index (χ1n) is 9.73. The number of alkyl halides is 3. The molecule has 35 heavy (non-hydrogen) atoms. The van der Waals surface area contributed by atoms with Gasteiger partial charge in [0, 0.05) is 17.2 Å². The Labute approximate surface area is 200 Å². The molecule has 2 aromatic rings. The molecule has 1 aliphatic rings. The van der Waals surface area contributed by atoms with E-state index < -0.39 is 73.5 Å². The quantitative estimate of drug-likeness (QED) is 0.472. The number of carbonyl (C=O) groups is 1. The van der Waals surface area contributed by atoms with Gasteiger partial charge in [-0.1, -0.05) is 6.07 Å². The number of amides is 1. The third-order valence-electron chi connectivity index (χ3n) is 5.39. The Balaban J connectivity index is 1.97. The maximum absolute atomic E-state index is 14.3. The molecule has 0 radical (unpaired) electrons. The predicted octanol–water partition coefficient (Wildman–Crippen LogP) is 4.28. The molecule has 0 saturated carbocycles. The van der Waals surface area contributed by atoms with Crippen molar-refractivity contribution < 1.29 is 44.3 Å². The molecule has 0 bridgehead atoms. The Morgan fingerprint density at radius 2 is 1.83 bits per heavy atom. The van der Waals surface area contributed by atoms with Gasteiger partial charge in [0.05, 0.1) is 18.0 Å². The van der Waals surface area contributed by atoms with Gasteiger partial charge in [0.15, 0.2) is 11.6 Å². The fraction of sp³-hybridized carbons (Fsp3) is 0.350. The lowest BCUT2D eigenvalue weighted by molar-refractivity contribution is -0.155. The van der Waals surface area contributed by atoms with Crippen LogP contribution in [0.4, 0.5) is 37.7 Å². The van der Waals surface area contributed by atoms with Crippen molar-refractivity contribution in [3.05, 3.63) is 53.3 Å². The molecule has 1 aliphatic heterocycles. The SMILES string of the molecule is COc1c([C@@H]2C[C@](C)(C(F)(F)F)S[C@H]2C(=O)Nc2ccc(NS(N)(=O)=O)c(F)c2)ccc(F)c1F. The lowest BCUT2D eigenvalue weighted by Gasteiger charge is -2.26. The standard InChI is InChI=1S/C20H19F6N3O4S2/c1-19(20(24,25)26)8-11(10-4-5-12(21)15(23)16(10)33-2)17(34-19)18(30)28-9-3-6-14(13(22)7-9)29-35(27,31)32/h3-7,11,17,29H,8H2,1-2H3,(H,28,30)(H2,27,31,32)/t11-,17+,19+/m0/s1. The van der Waals surface area contributed by atoms with Crippen molar-refractivity contribution >= 4 is 39.3 Å². The fourth-order valence-electron chi connectivity index (χ4n) is 3.72. The summed E-state index contributed by atoms with van der Waals surface area (Å²) >= 11 is 0.284. The number of hydrogen-bond acceptors (Lipinski definition) is 5. The summed E-state index contributed by atoms with van der Waals surface area (Å²) in [5.41, 5.74) is -0.842.